The van der Waals surface area contributed by atoms with Crippen LogP contribution in [0.25, 0.3) is 0 Å². The topological polar surface area (TPSA) is 0 Å². The zero-order valence-electron chi connectivity index (χ0n) is 4.58. The number of hydrogen-bond acceptors (Lipinski definition) is 0. The minimum absolute atomic E-state index is 0.167. The molecule has 1 aliphatic heterocycles. The van der Waals surface area contributed by atoms with Crippen molar-refractivity contribution in [1.29, 1.82) is 0 Å². The number of rotatable bonds is 0. The second kappa shape index (κ2) is 1.88. The Labute approximate surface area is 51.0 Å². The summed E-state index contributed by atoms with van der Waals surface area (Å²) < 4.78 is 3.04. The fraction of sp³-hybridized carbons (Fsp3) is 0.333. The average molecular weight is 155 g/mol. The van der Waals surface area contributed by atoms with Crippen molar-refractivity contribution < 1.29 is 0 Å². The third-order valence-electron chi connectivity index (χ3n) is 0.890. The van der Waals surface area contributed by atoms with Crippen LogP contribution in [-0.4, -0.2) is 15.8 Å². The van der Waals surface area contributed by atoms with Gasteiger partial charge >= 0.3 is 50.5 Å². The predicted molar refractivity (Wildman–Crippen MR) is 33.3 cm³/mol. The molecule has 0 fully saturated rings. The maximum atomic E-state index is 3.18. The van der Waals surface area contributed by atoms with Gasteiger partial charge < -0.3 is 0 Å². The minimum atomic E-state index is 0.167. The summed E-state index contributed by atoms with van der Waals surface area (Å²) >= 11 is 0.167. The Hall–Kier alpha value is 0.0384. The van der Waals surface area contributed by atoms with Crippen molar-refractivity contribution in [1.82, 2.24) is 0 Å². The first-order valence-corrected chi connectivity index (χ1v) is 4.43. The van der Waals surface area contributed by atoms with Gasteiger partial charge in [-0.05, 0) is 0 Å². The molecular formula is C6H8As. The second-order valence-corrected chi connectivity index (χ2v) is 5.47. The molecule has 0 aromatic heterocycles. The molecule has 0 saturated heterocycles. The average Bonchev–Trinajstić information content (AvgIpc) is 1.87. The fourth-order valence-corrected chi connectivity index (χ4v) is 2.43. The number of hydrogen-bond donors (Lipinski definition) is 0. The van der Waals surface area contributed by atoms with E-state index in [1.54, 1.807) is 4.36 Å². The predicted octanol–water partition coefficient (Wildman–Crippen LogP) is 1.05. The molecule has 0 aromatic carbocycles. The summed E-state index contributed by atoms with van der Waals surface area (Å²) in [4.78, 5) is 0. The van der Waals surface area contributed by atoms with Crippen LogP contribution < -0.4 is 0 Å². The molecule has 0 aromatic rings. The van der Waals surface area contributed by atoms with E-state index < -0.39 is 0 Å². The molecule has 1 rings (SSSR count). The van der Waals surface area contributed by atoms with Crippen LogP contribution in [0.4, 0.5) is 0 Å². The van der Waals surface area contributed by atoms with Gasteiger partial charge in [-0.3, -0.25) is 0 Å². The van der Waals surface area contributed by atoms with E-state index in [2.05, 4.69) is 26.0 Å². The Kier molecular flexibility index (Phi) is 1.39. The molecule has 1 radical (unpaired) electrons. The Morgan fingerprint density at radius 2 is 2.29 bits per heavy atom. The van der Waals surface area contributed by atoms with Crippen LogP contribution >= 0.6 is 0 Å². The molecule has 0 nitrogen and oxygen atoms in total. The van der Waals surface area contributed by atoms with Crippen LogP contribution in [0.5, 0.6) is 0 Å². The van der Waals surface area contributed by atoms with Gasteiger partial charge in [0.2, 0.25) is 0 Å². The van der Waals surface area contributed by atoms with E-state index in [4.69, 9.17) is 0 Å². The fourth-order valence-electron chi connectivity index (χ4n) is 0.584. The van der Waals surface area contributed by atoms with Crippen molar-refractivity contribution in [2.24, 2.45) is 0 Å². The quantitative estimate of drug-likeness (QED) is 0.458. The molecule has 0 amide bonds. The van der Waals surface area contributed by atoms with E-state index in [0.29, 0.717) is 0 Å². The second-order valence-electron chi connectivity index (χ2n) is 1.72. The molecule has 1 heteroatoms. The van der Waals surface area contributed by atoms with E-state index in [0.717, 1.165) is 0 Å². The molecule has 7 heavy (non-hydrogen) atoms. The van der Waals surface area contributed by atoms with Gasteiger partial charge in [0.1, 0.15) is 0 Å². The van der Waals surface area contributed by atoms with Gasteiger partial charge in [-0.2, -0.15) is 0 Å². The van der Waals surface area contributed by atoms with Crippen molar-refractivity contribution in [3.63, 3.8) is 0 Å². The molecule has 1 atom stereocenters. The standard InChI is InChI=1S/C6H8As/c1-5-3-4-6(2)7-5/h3,7H,1-2H3. The molecule has 0 saturated carbocycles. The summed E-state index contributed by atoms with van der Waals surface area (Å²) in [5.74, 6) is 0. The first-order valence-electron chi connectivity index (χ1n) is 2.33. The van der Waals surface area contributed by atoms with Crippen molar-refractivity contribution >= 4 is 15.8 Å². The summed E-state index contributed by atoms with van der Waals surface area (Å²) in [7, 11) is 0. The molecule has 0 bridgehead atoms. The summed E-state index contributed by atoms with van der Waals surface area (Å²) in [6.45, 7) is 4.34. The van der Waals surface area contributed by atoms with Crippen molar-refractivity contribution in [2.75, 3.05) is 0 Å². The van der Waals surface area contributed by atoms with Gasteiger partial charge in [0.25, 0.3) is 0 Å². The van der Waals surface area contributed by atoms with Crippen molar-refractivity contribution in [3.8, 4) is 0 Å². The zero-order valence-corrected chi connectivity index (χ0v) is 6.68. The zero-order chi connectivity index (χ0) is 5.28. The van der Waals surface area contributed by atoms with Gasteiger partial charge in [-0.15, -0.1) is 0 Å². The normalized spacial score (nSPS) is 19.1. The third-order valence-corrected chi connectivity index (χ3v) is 3.11. The van der Waals surface area contributed by atoms with Crippen LogP contribution in [0, 0.1) is 6.08 Å². The van der Waals surface area contributed by atoms with Gasteiger partial charge in [-0.25, -0.2) is 0 Å². The van der Waals surface area contributed by atoms with E-state index >= 15 is 0 Å². The van der Waals surface area contributed by atoms with Gasteiger partial charge in [0, 0.05) is 0 Å². The maximum absolute atomic E-state index is 3.18. The van der Waals surface area contributed by atoms with E-state index in [-0.39, 0.29) is 15.8 Å². The summed E-state index contributed by atoms with van der Waals surface area (Å²) in [5.41, 5.74) is 0. The summed E-state index contributed by atoms with van der Waals surface area (Å²) in [6.07, 6.45) is 5.29. The van der Waals surface area contributed by atoms with Crippen LogP contribution in [0.1, 0.15) is 13.8 Å². The Morgan fingerprint density at radius 3 is 2.43 bits per heavy atom. The van der Waals surface area contributed by atoms with E-state index in [1.807, 2.05) is 0 Å². The molecule has 1 unspecified atom stereocenters. The molecule has 1 heterocycles. The Bertz CT molecular complexity index is 115. The molecule has 1 aliphatic rings. The van der Waals surface area contributed by atoms with Crippen LogP contribution in [0.15, 0.2) is 14.8 Å². The SMILES string of the molecule is CC1=[C]C=C(C)[AsH]1. The van der Waals surface area contributed by atoms with Gasteiger partial charge in [-0.1, -0.05) is 0 Å². The van der Waals surface area contributed by atoms with E-state index in [9.17, 15) is 0 Å². The molecule has 0 N–H and O–H groups in total. The Balaban J connectivity index is 2.61. The first-order chi connectivity index (χ1) is 3.29. The molecule has 0 aliphatic carbocycles. The van der Waals surface area contributed by atoms with Crippen molar-refractivity contribution in [3.05, 3.63) is 20.9 Å². The summed E-state index contributed by atoms with van der Waals surface area (Å²) in [5, 5.41) is 0. The van der Waals surface area contributed by atoms with Crippen LogP contribution in [-0.2, 0) is 0 Å². The number of allylic oxidation sites excluding steroid dienone is 4. The van der Waals surface area contributed by atoms with Gasteiger partial charge in [0.15, 0.2) is 0 Å². The first kappa shape index (κ1) is 5.18. The monoisotopic (exact) mass is 155 g/mol. The Morgan fingerprint density at radius 1 is 1.57 bits per heavy atom. The van der Waals surface area contributed by atoms with Crippen LogP contribution in [0.2, 0.25) is 0 Å². The molecular weight excluding hydrogens is 147 g/mol. The molecule has 0 spiro atoms. The van der Waals surface area contributed by atoms with E-state index in [1.165, 1.54) is 4.36 Å². The van der Waals surface area contributed by atoms with Gasteiger partial charge in [0.05, 0.1) is 0 Å². The summed E-state index contributed by atoms with van der Waals surface area (Å²) in [6, 6.07) is 0. The van der Waals surface area contributed by atoms with Crippen molar-refractivity contribution in [2.45, 2.75) is 13.8 Å². The third kappa shape index (κ3) is 1.21. The molecule has 37 valence electrons. The van der Waals surface area contributed by atoms with Crippen LogP contribution in [0.3, 0.4) is 0 Å².